The summed E-state index contributed by atoms with van der Waals surface area (Å²) in [6.07, 6.45) is 30.2. The first kappa shape index (κ1) is 43.9. The Hall–Kier alpha value is -0.187. The topological polar surface area (TPSA) is 121 Å². The van der Waals surface area contributed by atoms with Crippen molar-refractivity contribution in [3.63, 3.8) is 0 Å². The summed E-state index contributed by atoms with van der Waals surface area (Å²) in [6.45, 7) is 4.47. The number of aliphatic hydroxyl groups is 1. The summed E-state index contributed by atoms with van der Waals surface area (Å²) < 4.78 is 11.8. The summed E-state index contributed by atoms with van der Waals surface area (Å²) in [5.74, 6) is -1.51. The number of ketones is 2. The Bertz CT molecular complexity index is 666. The molecule has 0 aliphatic heterocycles. The van der Waals surface area contributed by atoms with E-state index in [0.717, 1.165) is 38.5 Å². The standard InChI is InChI=1S/C34H65NO5P.Rh/c1-3-5-7-9-11-13-15-17-19-21-23-25-27-29-31(36)33(35)34(38,41(39)40)32(37)30-28-26-24-22-20-18-16-14-12-10-8-6-4-2;/h38H,3-30,35H2,1-2H3;/q-1;. The van der Waals surface area contributed by atoms with Gasteiger partial charge in [0.15, 0.2) is 5.78 Å². The predicted octanol–water partition coefficient (Wildman–Crippen LogP) is 9.37. The largest absolute Gasteiger partial charge is 0.595 e. The minimum Gasteiger partial charge on any atom is -0.595 e. The maximum Gasteiger partial charge on any atom is 0.322 e. The van der Waals surface area contributed by atoms with Crippen LogP contribution in [0.4, 0.5) is 0 Å². The van der Waals surface area contributed by atoms with Crippen molar-refractivity contribution in [1.29, 1.82) is 0 Å². The monoisotopic (exact) mass is 701 g/mol. The number of rotatable bonds is 32. The van der Waals surface area contributed by atoms with Crippen molar-refractivity contribution in [3.05, 3.63) is 6.04 Å². The molecule has 0 amide bonds. The van der Waals surface area contributed by atoms with E-state index in [0.29, 0.717) is 12.8 Å². The van der Waals surface area contributed by atoms with Crippen LogP contribution in [0, 0.1) is 6.04 Å². The molecule has 2 unspecified atom stereocenters. The first-order valence-corrected chi connectivity index (χ1v) is 18.6. The van der Waals surface area contributed by atoms with Crippen molar-refractivity contribution in [2.45, 2.75) is 199 Å². The molecule has 0 spiro atoms. The van der Waals surface area contributed by atoms with Crippen LogP contribution in [0.15, 0.2) is 0 Å². The molecule has 0 aliphatic carbocycles. The van der Waals surface area contributed by atoms with Gasteiger partial charge in [0.05, 0.1) is 0 Å². The quantitative estimate of drug-likeness (QED) is 0.0312. The molecule has 8 heteroatoms. The third-order valence-electron chi connectivity index (χ3n) is 8.34. The number of nitrogens with two attached hydrogens (primary N) is 1. The Labute approximate surface area is 273 Å². The zero-order valence-corrected chi connectivity index (χ0v) is 29.8. The summed E-state index contributed by atoms with van der Waals surface area (Å²) in [4.78, 5) is 37.0. The maximum atomic E-state index is 12.7. The molecule has 0 aromatic carbocycles. The van der Waals surface area contributed by atoms with Gasteiger partial charge in [-0.25, -0.2) is 0 Å². The molecule has 0 aromatic rings. The van der Waals surface area contributed by atoms with Crippen molar-refractivity contribution in [3.8, 4) is 0 Å². The molecule has 1 radical (unpaired) electrons. The van der Waals surface area contributed by atoms with E-state index in [2.05, 4.69) is 13.8 Å². The van der Waals surface area contributed by atoms with Crippen LogP contribution in [0.2, 0.25) is 0 Å². The number of unbranched alkanes of at least 4 members (excludes halogenated alkanes) is 24. The first-order chi connectivity index (χ1) is 19.8. The van der Waals surface area contributed by atoms with Gasteiger partial charge in [-0.2, -0.15) is 6.04 Å². The van der Waals surface area contributed by atoms with Crippen LogP contribution in [-0.4, -0.2) is 22.0 Å². The van der Waals surface area contributed by atoms with Gasteiger partial charge in [-0.15, -0.1) is 0 Å². The van der Waals surface area contributed by atoms with E-state index in [1.807, 2.05) is 0 Å². The van der Waals surface area contributed by atoms with Gasteiger partial charge in [0, 0.05) is 31.7 Å². The molecule has 0 fully saturated rings. The first-order valence-electron chi connectivity index (χ1n) is 17.4. The second-order valence-electron chi connectivity index (χ2n) is 12.2. The van der Waals surface area contributed by atoms with E-state index in [9.17, 15) is 24.2 Å². The fourth-order valence-corrected chi connectivity index (χ4v) is 6.10. The van der Waals surface area contributed by atoms with Gasteiger partial charge in [0.1, 0.15) is 0 Å². The Balaban J connectivity index is 0. The van der Waals surface area contributed by atoms with Crippen molar-refractivity contribution >= 4 is 19.6 Å². The smallest absolute Gasteiger partial charge is 0.322 e. The number of carbonyl (C=O) groups excluding carboxylic acids is 2. The number of carbonyl (C=O) groups is 2. The van der Waals surface area contributed by atoms with E-state index in [1.54, 1.807) is 0 Å². The van der Waals surface area contributed by atoms with E-state index >= 15 is 0 Å². The van der Waals surface area contributed by atoms with Crippen LogP contribution < -0.4 is 10.6 Å². The molecular formula is C34H65NO5PRh-. The molecule has 42 heavy (non-hydrogen) atoms. The molecule has 6 nitrogen and oxygen atoms in total. The Morgan fingerprint density at radius 3 is 1.14 bits per heavy atom. The second-order valence-corrected chi connectivity index (χ2v) is 13.3. The molecule has 2 atom stereocenters. The zero-order valence-electron chi connectivity index (χ0n) is 27.2. The van der Waals surface area contributed by atoms with Crippen molar-refractivity contribution in [1.82, 2.24) is 0 Å². The fourth-order valence-electron chi connectivity index (χ4n) is 5.46. The maximum absolute atomic E-state index is 12.7. The number of hydrogen-bond donors (Lipinski definition) is 2. The fraction of sp³-hybridized carbons (Fsp3) is 0.912. The molecule has 3 N–H and O–H groups in total. The average molecular weight is 702 g/mol. The molecule has 0 saturated carbocycles. The Kier molecular flexibility index (Phi) is 32.2. The molecule has 0 aliphatic rings. The number of hydrogen-bond acceptors (Lipinski definition) is 6. The molecular weight excluding hydrogens is 636 g/mol. The second kappa shape index (κ2) is 30.8. The Morgan fingerprint density at radius 2 is 0.857 bits per heavy atom. The van der Waals surface area contributed by atoms with Gasteiger partial charge in [-0.3, -0.25) is 4.79 Å². The van der Waals surface area contributed by atoms with Crippen LogP contribution in [0.1, 0.15) is 194 Å². The SMILES string of the molecule is CCCCCCCCCCCCCCCC(=O)[C-](N)C(O)(C(=O)CCCCCCCCCCCCCCC)[P+](=O)[O-].[Rh]. The van der Waals surface area contributed by atoms with Gasteiger partial charge >= 0.3 is 8.03 Å². The molecule has 0 heterocycles. The van der Waals surface area contributed by atoms with E-state index in [4.69, 9.17) is 5.73 Å². The van der Waals surface area contributed by atoms with Crippen molar-refractivity contribution in [2.24, 2.45) is 5.73 Å². The number of Topliss-reactive ketones (excluding diaryl/α,β-unsaturated/α-hetero) is 2. The molecule has 0 saturated heterocycles. The average Bonchev–Trinajstić information content (AvgIpc) is 2.96. The molecule has 0 bridgehead atoms. The normalized spacial score (nSPS) is 12.9. The van der Waals surface area contributed by atoms with E-state index in [-0.39, 0.29) is 32.3 Å². The van der Waals surface area contributed by atoms with Crippen LogP contribution >= 0.6 is 8.03 Å². The van der Waals surface area contributed by atoms with Crippen LogP contribution in [0.5, 0.6) is 0 Å². The van der Waals surface area contributed by atoms with E-state index < -0.39 is 31.0 Å². The zero-order chi connectivity index (χ0) is 30.6. The van der Waals surface area contributed by atoms with Gasteiger partial charge in [0.2, 0.25) is 5.34 Å². The van der Waals surface area contributed by atoms with Crippen LogP contribution in [0.25, 0.3) is 0 Å². The predicted molar refractivity (Wildman–Crippen MR) is 171 cm³/mol. The summed E-state index contributed by atoms with van der Waals surface area (Å²) >= 11 is 0. The van der Waals surface area contributed by atoms with Crippen LogP contribution in [0.3, 0.4) is 0 Å². The molecule has 0 rings (SSSR count). The van der Waals surface area contributed by atoms with Gasteiger partial charge < -0.3 is 20.5 Å². The van der Waals surface area contributed by atoms with Crippen molar-refractivity contribution in [2.75, 3.05) is 0 Å². The summed E-state index contributed by atoms with van der Waals surface area (Å²) in [5.41, 5.74) is 5.80. The minimum absolute atomic E-state index is 0. The van der Waals surface area contributed by atoms with Crippen molar-refractivity contribution < 1.29 is 43.6 Å². The van der Waals surface area contributed by atoms with Gasteiger partial charge in [-0.05, 0) is 19.3 Å². The van der Waals surface area contributed by atoms with Crippen LogP contribution in [-0.2, 0) is 33.6 Å². The minimum atomic E-state index is -3.61. The molecule has 0 aromatic heterocycles. The summed E-state index contributed by atoms with van der Waals surface area (Å²) in [5, 5.41) is 7.79. The van der Waals surface area contributed by atoms with Gasteiger partial charge in [-0.1, -0.05) is 173 Å². The van der Waals surface area contributed by atoms with E-state index in [1.165, 1.54) is 116 Å². The third-order valence-corrected chi connectivity index (χ3v) is 9.36. The molecule has 251 valence electrons. The Morgan fingerprint density at radius 1 is 0.595 bits per heavy atom. The summed E-state index contributed by atoms with van der Waals surface area (Å²) in [6, 6.07) is -0.729. The third kappa shape index (κ3) is 22.3. The van der Waals surface area contributed by atoms with Gasteiger partial charge in [0.25, 0.3) is 0 Å². The summed E-state index contributed by atoms with van der Waals surface area (Å²) in [7, 11) is -3.61.